The predicted octanol–water partition coefficient (Wildman–Crippen LogP) is 4.66. The lowest BCUT2D eigenvalue weighted by molar-refractivity contribution is -0.141. The zero-order valence-electron chi connectivity index (χ0n) is 20.6. The molecule has 1 amide bonds. The fraction of sp³-hybridized carbons (Fsp3) is 0.444. The number of anilines is 1. The predicted molar refractivity (Wildman–Crippen MR) is 137 cm³/mol. The molecule has 7 heteroatoms. The molecule has 0 bridgehead atoms. The molecule has 1 aliphatic heterocycles. The second kappa shape index (κ2) is 11.3. The van der Waals surface area contributed by atoms with E-state index in [1.807, 2.05) is 64.1 Å². The Bertz CT molecular complexity index is 1110. The van der Waals surface area contributed by atoms with Crippen molar-refractivity contribution >= 4 is 22.6 Å². The maximum Gasteiger partial charge on any atom is 0.252 e. The van der Waals surface area contributed by atoms with Crippen LogP contribution in [0.25, 0.3) is 22.3 Å². The molecular formula is C27H36N4O3. The van der Waals surface area contributed by atoms with Gasteiger partial charge in [-0.3, -0.25) is 4.79 Å². The maximum atomic E-state index is 12.5. The molecule has 182 valence electrons. The Kier molecular flexibility index (Phi) is 8.45. The van der Waals surface area contributed by atoms with E-state index in [1.165, 1.54) is 0 Å². The van der Waals surface area contributed by atoms with Gasteiger partial charge in [0.05, 0.1) is 11.1 Å². The summed E-state index contributed by atoms with van der Waals surface area (Å²) in [5.41, 5.74) is 0.120. The van der Waals surface area contributed by atoms with Crippen LogP contribution in [-0.2, 0) is 4.79 Å². The number of benzene rings is 2. The van der Waals surface area contributed by atoms with Crippen molar-refractivity contribution in [1.29, 1.82) is 0 Å². The number of carbonyl (C=O) groups is 1. The lowest BCUT2D eigenvalue weighted by Crippen LogP contribution is -2.52. The summed E-state index contributed by atoms with van der Waals surface area (Å²) in [6.45, 7) is 9.10. The molecule has 3 aromatic rings. The van der Waals surface area contributed by atoms with Crippen LogP contribution in [-0.4, -0.2) is 50.8 Å². The van der Waals surface area contributed by atoms with E-state index in [2.05, 4.69) is 15.2 Å². The van der Waals surface area contributed by atoms with E-state index in [1.54, 1.807) is 12.1 Å². The SMILES string of the molecule is CC.CCC(O)(CC)C(=O)NC1CCN(c2nc(-c3ccccc3O)nc3ccccc23)CC1. The second-order valence-corrected chi connectivity index (χ2v) is 8.38. The Labute approximate surface area is 201 Å². The van der Waals surface area contributed by atoms with E-state index in [4.69, 9.17) is 4.98 Å². The summed E-state index contributed by atoms with van der Waals surface area (Å²) in [5, 5.41) is 24.8. The van der Waals surface area contributed by atoms with E-state index in [0.717, 1.165) is 42.7 Å². The standard InChI is InChI=1S/C25H30N4O3.C2H6/c1-3-25(32,4-2)24(31)26-17-13-15-29(16-14-17)23-18-9-5-7-11-20(18)27-22(28-23)19-10-6-8-12-21(19)30;1-2/h5-12,17,30,32H,3-4,13-16H2,1-2H3,(H,26,31);1-2H3. The molecule has 2 aromatic carbocycles. The Hall–Kier alpha value is -3.19. The Balaban J connectivity index is 0.00000158. The van der Waals surface area contributed by atoms with Crippen molar-refractivity contribution in [3.8, 4) is 17.1 Å². The van der Waals surface area contributed by atoms with Gasteiger partial charge in [-0.25, -0.2) is 9.97 Å². The minimum atomic E-state index is -1.30. The minimum absolute atomic E-state index is 0.0223. The summed E-state index contributed by atoms with van der Waals surface area (Å²) >= 11 is 0. The third-order valence-corrected chi connectivity index (χ3v) is 6.45. The highest BCUT2D eigenvalue weighted by molar-refractivity contribution is 5.91. The van der Waals surface area contributed by atoms with E-state index < -0.39 is 5.60 Å². The van der Waals surface area contributed by atoms with Crippen LogP contribution in [0, 0.1) is 0 Å². The second-order valence-electron chi connectivity index (χ2n) is 8.38. The average Bonchev–Trinajstić information content (AvgIpc) is 2.89. The quantitative estimate of drug-likeness (QED) is 0.491. The summed E-state index contributed by atoms with van der Waals surface area (Å²) in [6.07, 6.45) is 2.32. The molecule has 1 saturated heterocycles. The van der Waals surface area contributed by atoms with Crippen molar-refractivity contribution in [2.75, 3.05) is 18.0 Å². The average molecular weight is 465 g/mol. The monoisotopic (exact) mass is 464 g/mol. The number of amides is 1. The molecule has 0 atom stereocenters. The van der Waals surface area contributed by atoms with E-state index in [-0.39, 0.29) is 17.7 Å². The van der Waals surface area contributed by atoms with E-state index in [0.29, 0.717) is 24.2 Å². The van der Waals surface area contributed by atoms with Crippen LogP contribution in [0.4, 0.5) is 5.82 Å². The van der Waals surface area contributed by atoms with E-state index >= 15 is 0 Å². The lowest BCUT2D eigenvalue weighted by Gasteiger charge is -2.35. The number of nitrogens with one attached hydrogen (secondary N) is 1. The number of nitrogens with zero attached hydrogens (tertiary/aromatic N) is 3. The van der Waals surface area contributed by atoms with Gasteiger partial charge in [-0.15, -0.1) is 0 Å². The third kappa shape index (κ3) is 5.30. The molecule has 34 heavy (non-hydrogen) atoms. The van der Waals surface area contributed by atoms with Gasteiger partial charge in [-0.05, 0) is 49.9 Å². The summed E-state index contributed by atoms with van der Waals surface area (Å²) in [4.78, 5) is 24.3. The number of para-hydroxylation sites is 2. The van der Waals surface area contributed by atoms with Crippen molar-refractivity contribution in [2.45, 2.75) is 65.0 Å². The summed E-state index contributed by atoms with van der Waals surface area (Å²) < 4.78 is 0. The largest absolute Gasteiger partial charge is 0.507 e. The van der Waals surface area contributed by atoms with Gasteiger partial charge in [0.1, 0.15) is 17.2 Å². The molecule has 3 N–H and O–H groups in total. The molecule has 0 aliphatic carbocycles. The lowest BCUT2D eigenvalue weighted by atomic mass is 9.95. The maximum absolute atomic E-state index is 12.5. The fourth-order valence-electron chi connectivity index (χ4n) is 4.21. The first-order chi connectivity index (χ1) is 16.4. The highest BCUT2D eigenvalue weighted by Crippen LogP contribution is 2.32. The minimum Gasteiger partial charge on any atom is -0.507 e. The topological polar surface area (TPSA) is 98.6 Å². The first-order valence-electron chi connectivity index (χ1n) is 12.3. The van der Waals surface area contributed by atoms with Crippen LogP contribution in [0.5, 0.6) is 5.75 Å². The number of aliphatic hydroxyl groups is 1. The van der Waals surface area contributed by atoms with Gasteiger partial charge >= 0.3 is 0 Å². The molecule has 0 radical (unpaired) electrons. The van der Waals surface area contributed by atoms with Crippen LogP contribution in [0.2, 0.25) is 0 Å². The number of hydrogen-bond acceptors (Lipinski definition) is 6. The summed E-state index contributed by atoms with van der Waals surface area (Å²) in [7, 11) is 0. The highest BCUT2D eigenvalue weighted by Gasteiger charge is 2.34. The van der Waals surface area contributed by atoms with E-state index in [9.17, 15) is 15.0 Å². The molecule has 1 aliphatic rings. The number of piperidine rings is 1. The van der Waals surface area contributed by atoms with Crippen molar-refractivity contribution in [2.24, 2.45) is 0 Å². The summed E-state index contributed by atoms with van der Waals surface area (Å²) in [5.74, 6) is 1.19. The normalized spacial score (nSPS) is 14.4. The molecule has 1 fully saturated rings. The summed E-state index contributed by atoms with van der Waals surface area (Å²) in [6, 6.07) is 15.0. The van der Waals surface area contributed by atoms with Crippen molar-refractivity contribution in [3.05, 3.63) is 48.5 Å². The molecule has 0 saturated carbocycles. The third-order valence-electron chi connectivity index (χ3n) is 6.45. The van der Waals surface area contributed by atoms with Gasteiger partial charge in [-0.2, -0.15) is 0 Å². The molecule has 0 unspecified atom stereocenters. The number of carbonyl (C=O) groups excluding carboxylic acids is 1. The number of aromatic hydroxyl groups is 1. The van der Waals surface area contributed by atoms with Gasteiger partial charge in [0.15, 0.2) is 5.82 Å². The molecule has 7 nitrogen and oxygen atoms in total. The van der Waals surface area contributed by atoms with Gasteiger partial charge in [0, 0.05) is 24.5 Å². The Morgan fingerprint density at radius 1 is 1.03 bits per heavy atom. The molecule has 4 rings (SSSR count). The number of hydrogen-bond donors (Lipinski definition) is 3. The van der Waals surface area contributed by atoms with Crippen LogP contribution in [0.1, 0.15) is 53.4 Å². The molecular weight excluding hydrogens is 428 g/mol. The van der Waals surface area contributed by atoms with Gasteiger partial charge < -0.3 is 20.4 Å². The van der Waals surface area contributed by atoms with Crippen LogP contribution < -0.4 is 10.2 Å². The first-order valence-corrected chi connectivity index (χ1v) is 12.3. The molecule has 0 spiro atoms. The Morgan fingerprint density at radius 2 is 1.65 bits per heavy atom. The van der Waals surface area contributed by atoms with Crippen LogP contribution in [0.15, 0.2) is 48.5 Å². The number of phenolic OH excluding ortho intramolecular Hbond substituents is 1. The van der Waals surface area contributed by atoms with Crippen LogP contribution >= 0.6 is 0 Å². The van der Waals surface area contributed by atoms with Gasteiger partial charge in [0.2, 0.25) is 0 Å². The van der Waals surface area contributed by atoms with Crippen molar-refractivity contribution < 1.29 is 15.0 Å². The zero-order chi connectivity index (χ0) is 24.7. The van der Waals surface area contributed by atoms with Crippen molar-refractivity contribution in [1.82, 2.24) is 15.3 Å². The molecule has 1 aromatic heterocycles. The number of aromatic nitrogens is 2. The van der Waals surface area contributed by atoms with Crippen LogP contribution in [0.3, 0.4) is 0 Å². The van der Waals surface area contributed by atoms with Gasteiger partial charge in [-0.1, -0.05) is 52.0 Å². The van der Waals surface area contributed by atoms with Crippen molar-refractivity contribution in [3.63, 3.8) is 0 Å². The Morgan fingerprint density at radius 3 is 2.29 bits per heavy atom. The number of rotatable bonds is 6. The first kappa shape index (κ1) is 25.4. The zero-order valence-corrected chi connectivity index (χ0v) is 20.6. The fourth-order valence-corrected chi connectivity index (χ4v) is 4.21. The van der Waals surface area contributed by atoms with Gasteiger partial charge in [0.25, 0.3) is 5.91 Å². The molecule has 2 heterocycles. The number of fused-ring (bicyclic) bond motifs is 1. The number of phenols is 1. The smallest absolute Gasteiger partial charge is 0.252 e. The highest BCUT2D eigenvalue weighted by atomic mass is 16.3.